The van der Waals surface area contributed by atoms with E-state index in [4.69, 9.17) is 0 Å². The first kappa shape index (κ1) is 10.7. The minimum atomic E-state index is -0.330. The molecule has 0 amide bonds. The quantitative estimate of drug-likeness (QED) is 0.682. The molecular formula is C11H15NO2. The lowest BCUT2D eigenvalue weighted by molar-refractivity contribution is -0.111. The van der Waals surface area contributed by atoms with Gasteiger partial charge in [-0.2, -0.15) is 0 Å². The summed E-state index contributed by atoms with van der Waals surface area (Å²) in [4.78, 5) is 22.2. The molecule has 1 rings (SSSR count). The van der Waals surface area contributed by atoms with Crippen LogP contribution in [0.3, 0.4) is 0 Å². The van der Waals surface area contributed by atoms with Gasteiger partial charge in [-0.3, -0.25) is 4.79 Å². The molecule has 1 heterocycles. The van der Waals surface area contributed by atoms with Gasteiger partial charge in [0.05, 0.1) is 6.04 Å². The highest BCUT2D eigenvalue weighted by Crippen LogP contribution is 2.12. The van der Waals surface area contributed by atoms with Crippen LogP contribution in [0.2, 0.25) is 0 Å². The fourth-order valence-electron chi connectivity index (χ4n) is 1.43. The highest BCUT2D eigenvalue weighted by atomic mass is 16.1. The average Bonchev–Trinajstić information content (AvgIpc) is 2.15. The molecule has 1 unspecified atom stereocenters. The second-order valence-electron chi connectivity index (χ2n) is 3.78. The van der Waals surface area contributed by atoms with Crippen molar-refractivity contribution in [2.75, 3.05) is 0 Å². The maximum Gasteiger partial charge on any atom is 0.251 e. The van der Waals surface area contributed by atoms with Crippen molar-refractivity contribution in [1.82, 2.24) is 4.57 Å². The molecule has 1 aromatic heterocycles. The molecule has 0 bridgehead atoms. The molecule has 0 fully saturated rings. The van der Waals surface area contributed by atoms with Gasteiger partial charge < -0.3 is 9.36 Å². The number of aromatic nitrogens is 1. The summed E-state index contributed by atoms with van der Waals surface area (Å²) in [7, 11) is 0. The molecule has 3 nitrogen and oxygen atoms in total. The summed E-state index contributed by atoms with van der Waals surface area (Å²) >= 11 is 0. The highest BCUT2D eigenvalue weighted by Gasteiger charge is 2.11. The van der Waals surface area contributed by atoms with Crippen LogP contribution in [-0.2, 0) is 4.79 Å². The van der Waals surface area contributed by atoms with E-state index < -0.39 is 0 Å². The minimum absolute atomic E-state index is 0.120. The van der Waals surface area contributed by atoms with E-state index in [1.165, 1.54) is 10.6 Å². The number of hydrogen-bond acceptors (Lipinski definition) is 2. The van der Waals surface area contributed by atoms with Crippen molar-refractivity contribution >= 4 is 6.29 Å². The van der Waals surface area contributed by atoms with Crippen LogP contribution in [0.1, 0.15) is 26.3 Å². The van der Waals surface area contributed by atoms with Crippen molar-refractivity contribution in [1.29, 1.82) is 0 Å². The van der Waals surface area contributed by atoms with Crippen molar-refractivity contribution < 1.29 is 4.79 Å². The molecule has 1 atom stereocenters. The Labute approximate surface area is 83.4 Å². The summed E-state index contributed by atoms with van der Waals surface area (Å²) in [6.45, 7) is 4.06. The van der Waals surface area contributed by atoms with Crippen LogP contribution in [0.15, 0.2) is 29.2 Å². The molecule has 0 radical (unpaired) electrons. The molecule has 0 N–H and O–H groups in total. The second kappa shape index (κ2) is 4.74. The smallest absolute Gasteiger partial charge is 0.251 e. The minimum Gasteiger partial charge on any atom is -0.305 e. The Morgan fingerprint density at radius 2 is 2.14 bits per heavy atom. The molecule has 1 aromatic rings. The van der Waals surface area contributed by atoms with Crippen LogP contribution in [0, 0.1) is 5.92 Å². The third-order valence-electron chi connectivity index (χ3n) is 2.08. The van der Waals surface area contributed by atoms with Gasteiger partial charge in [0.25, 0.3) is 5.56 Å². The predicted octanol–water partition coefficient (Wildman–Crippen LogP) is 1.63. The van der Waals surface area contributed by atoms with Crippen molar-refractivity contribution in [3.63, 3.8) is 0 Å². The van der Waals surface area contributed by atoms with E-state index in [1.807, 2.05) is 13.8 Å². The number of carbonyl (C=O) groups excluding carboxylic acids is 1. The molecule has 0 spiro atoms. The summed E-state index contributed by atoms with van der Waals surface area (Å²) in [6.07, 6.45) is 3.19. The number of nitrogens with zero attached hydrogens (tertiary/aromatic N) is 1. The van der Waals surface area contributed by atoms with Crippen LogP contribution >= 0.6 is 0 Å². The topological polar surface area (TPSA) is 39.1 Å². The first-order chi connectivity index (χ1) is 6.65. The Kier molecular flexibility index (Phi) is 3.63. The lowest BCUT2D eigenvalue weighted by Gasteiger charge is -2.15. The molecule has 0 saturated heterocycles. The van der Waals surface area contributed by atoms with Gasteiger partial charge in [-0.15, -0.1) is 0 Å². The van der Waals surface area contributed by atoms with Crippen molar-refractivity contribution in [2.45, 2.75) is 26.3 Å². The second-order valence-corrected chi connectivity index (χ2v) is 3.78. The van der Waals surface area contributed by atoms with Gasteiger partial charge in [-0.25, -0.2) is 0 Å². The summed E-state index contributed by atoms with van der Waals surface area (Å²) in [5, 5.41) is 0. The van der Waals surface area contributed by atoms with Crippen LogP contribution in [0.5, 0.6) is 0 Å². The van der Waals surface area contributed by atoms with Gasteiger partial charge in [-0.1, -0.05) is 19.9 Å². The molecule has 0 aromatic carbocycles. The zero-order chi connectivity index (χ0) is 10.6. The Balaban J connectivity index is 2.95. The Bertz CT molecular complexity index is 354. The highest BCUT2D eigenvalue weighted by molar-refractivity contribution is 5.55. The van der Waals surface area contributed by atoms with Gasteiger partial charge in [-0.05, 0) is 18.4 Å². The number of aldehydes is 1. The number of hydrogen-bond donors (Lipinski definition) is 0. The van der Waals surface area contributed by atoms with E-state index in [-0.39, 0.29) is 11.6 Å². The maximum absolute atomic E-state index is 11.4. The van der Waals surface area contributed by atoms with E-state index in [2.05, 4.69) is 0 Å². The summed E-state index contributed by atoms with van der Waals surface area (Å²) in [5.41, 5.74) is -0.120. The molecule has 0 aliphatic heterocycles. The zero-order valence-corrected chi connectivity index (χ0v) is 8.51. The van der Waals surface area contributed by atoms with Crippen molar-refractivity contribution in [3.8, 4) is 0 Å². The van der Waals surface area contributed by atoms with E-state index in [0.717, 1.165) is 6.29 Å². The average molecular weight is 193 g/mol. The first-order valence-electron chi connectivity index (χ1n) is 4.77. The molecule has 3 heteroatoms. The van der Waals surface area contributed by atoms with Crippen molar-refractivity contribution in [3.05, 3.63) is 34.7 Å². The largest absolute Gasteiger partial charge is 0.305 e. The third kappa shape index (κ3) is 2.55. The monoisotopic (exact) mass is 193 g/mol. The van der Waals surface area contributed by atoms with Crippen LogP contribution in [0.4, 0.5) is 0 Å². The summed E-state index contributed by atoms with van der Waals surface area (Å²) < 4.78 is 1.48. The maximum atomic E-state index is 11.4. The first-order valence-corrected chi connectivity index (χ1v) is 4.77. The van der Waals surface area contributed by atoms with Crippen LogP contribution < -0.4 is 5.56 Å². The van der Waals surface area contributed by atoms with Gasteiger partial charge in [0, 0.05) is 12.3 Å². The molecule has 0 aliphatic carbocycles. The van der Waals surface area contributed by atoms with Crippen LogP contribution in [0.25, 0.3) is 0 Å². The van der Waals surface area contributed by atoms with Crippen LogP contribution in [-0.4, -0.2) is 10.9 Å². The van der Waals surface area contributed by atoms with Gasteiger partial charge in [0.2, 0.25) is 0 Å². The van der Waals surface area contributed by atoms with Gasteiger partial charge in [0.15, 0.2) is 0 Å². The SMILES string of the molecule is CC(C)CC(C=O)n1ccccc1=O. The van der Waals surface area contributed by atoms with Gasteiger partial charge >= 0.3 is 0 Å². The van der Waals surface area contributed by atoms with E-state index in [9.17, 15) is 9.59 Å². The third-order valence-corrected chi connectivity index (χ3v) is 2.08. The lowest BCUT2D eigenvalue weighted by atomic mass is 10.0. The molecular weight excluding hydrogens is 178 g/mol. The fourth-order valence-corrected chi connectivity index (χ4v) is 1.43. The Hall–Kier alpha value is -1.38. The molecule has 76 valence electrons. The normalized spacial score (nSPS) is 12.8. The molecule has 0 aliphatic rings. The summed E-state index contributed by atoms with van der Waals surface area (Å²) in [6, 6.07) is 4.58. The summed E-state index contributed by atoms with van der Waals surface area (Å²) in [5.74, 6) is 0.400. The van der Waals surface area contributed by atoms with E-state index in [1.54, 1.807) is 18.3 Å². The number of carbonyl (C=O) groups is 1. The number of rotatable bonds is 4. The number of pyridine rings is 1. The fraction of sp³-hybridized carbons (Fsp3) is 0.455. The Morgan fingerprint density at radius 1 is 1.43 bits per heavy atom. The molecule has 14 heavy (non-hydrogen) atoms. The molecule has 0 saturated carbocycles. The van der Waals surface area contributed by atoms with Gasteiger partial charge in [0.1, 0.15) is 6.29 Å². The van der Waals surface area contributed by atoms with Crippen molar-refractivity contribution in [2.24, 2.45) is 5.92 Å². The zero-order valence-electron chi connectivity index (χ0n) is 8.51. The van der Waals surface area contributed by atoms with E-state index in [0.29, 0.717) is 12.3 Å². The lowest BCUT2D eigenvalue weighted by Crippen LogP contribution is -2.25. The standard InChI is InChI=1S/C11H15NO2/c1-9(2)7-10(8-13)12-6-4-3-5-11(12)14/h3-6,8-10H,7H2,1-2H3. The Morgan fingerprint density at radius 3 is 2.64 bits per heavy atom. The predicted molar refractivity (Wildman–Crippen MR) is 55.3 cm³/mol. The van der Waals surface area contributed by atoms with E-state index >= 15 is 0 Å².